The molecule has 28 heavy (non-hydrogen) atoms. The minimum absolute atomic E-state index is 0.0541. The lowest BCUT2D eigenvalue weighted by Crippen LogP contribution is -2.49. The Kier molecular flexibility index (Phi) is 10.9. The number of hydrogen-bond donors (Lipinski definition) is 3. The van der Waals surface area contributed by atoms with Crippen LogP contribution in [0.2, 0.25) is 0 Å². The Hall–Kier alpha value is -2.99. The molecule has 1 aromatic rings. The van der Waals surface area contributed by atoms with Crippen LogP contribution in [0.25, 0.3) is 0 Å². The van der Waals surface area contributed by atoms with Gasteiger partial charge in [0, 0.05) is 19.3 Å². The van der Waals surface area contributed by atoms with E-state index >= 15 is 0 Å². The lowest BCUT2D eigenvalue weighted by Gasteiger charge is -2.23. The van der Waals surface area contributed by atoms with E-state index in [4.69, 9.17) is 0 Å². The molecule has 0 heterocycles. The van der Waals surface area contributed by atoms with Crippen molar-refractivity contribution in [1.82, 2.24) is 16.1 Å². The molecule has 0 saturated carbocycles. The van der Waals surface area contributed by atoms with Gasteiger partial charge in [-0.3, -0.25) is 10.1 Å². The van der Waals surface area contributed by atoms with Crippen molar-refractivity contribution in [3.8, 4) is 0 Å². The zero-order chi connectivity index (χ0) is 20.8. The van der Waals surface area contributed by atoms with Gasteiger partial charge in [-0.1, -0.05) is 43.0 Å². The molecule has 0 radical (unpaired) electrons. The molecule has 1 aromatic carbocycles. The number of amides is 1. The minimum atomic E-state index is -0.636. The number of rotatable bonds is 11. The van der Waals surface area contributed by atoms with Crippen LogP contribution in [0.5, 0.6) is 0 Å². The second-order valence-electron chi connectivity index (χ2n) is 6.21. The zero-order valence-corrected chi connectivity index (χ0v) is 17.1. The minimum Gasteiger partial charge on any atom is -0.313 e. The maximum atomic E-state index is 12.9. The summed E-state index contributed by atoms with van der Waals surface area (Å²) in [6.45, 7) is 9.76. The summed E-state index contributed by atoms with van der Waals surface area (Å²) in [6.07, 6.45) is 9.37. The molecule has 0 fully saturated rings. The SMILES string of the molecule is C=C(/C=N\NC)[C@@H](NC(C)Cc1ccccc1)C(=O)NC(=C/C)/N=C\C=C/C. The number of hydrogen-bond acceptors (Lipinski definition) is 5. The second-order valence-corrected chi connectivity index (χ2v) is 6.21. The molecular weight excluding hydrogens is 350 g/mol. The lowest BCUT2D eigenvalue weighted by molar-refractivity contribution is -0.121. The monoisotopic (exact) mass is 381 g/mol. The average Bonchev–Trinajstić information content (AvgIpc) is 2.70. The first-order valence-corrected chi connectivity index (χ1v) is 9.32. The van der Waals surface area contributed by atoms with Gasteiger partial charge in [-0.15, -0.1) is 0 Å². The summed E-state index contributed by atoms with van der Waals surface area (Å²) in [4.78, 5) is 17.1. The van der Waals surface area contributed by atoms with E-state index in [9.17, 15) is 4.79 Å². The van der Waals surface area contributed by atoms with Crippen LogP contribution >= 0.6 is 0 Å². The Morgan fingerprint density at radius 2 is 1.96 bits per heavy atom. The molecule has 150 valence electrons. The Morgan fingerprint density at radius 3 is 2.57 bits per heavy atom. The van der Waals surface area contributed by atoms with Crippen LogP contribution in [-0.2, 0) is 11.2 Å². The lowest BCUT2D eigenvalue weighted by atomic mass is 10.0. The van der Waals surface area contributed by atoms with Gasteiger partial charge in [-0.2, -0.15) is 5.10 Å². The van der Waals surface area contributed by atoms with Crippen LogP contribution in [0, 0.1) is 0 Å². The van der Waals surface area contributed by atoms with Crippen LogP contribution in [-0.4, -0.2) is 37.5 Å². The highest BCUT2D eigenvalue weighted by atomic mass is 16.2. The molecule has 0 aliphatic rings. The first-order valence-electron chi connectivity index (χ1n) is 9.32. The molecular formula is C22H31N5O. The number of hydrazone groups is 1. The predicted octanol–water partition coefficient (Wildman–Crippen LogP) is 2.96. The topological polar surface area (TPSA) is 77.9 Å². The van der Waals surface area contributed by atoms with Crippen molar-refractivity contribution in [2.24, 2.45) is 10.1 Å². The van der Waals surface area contributed by atoms with Crippen molar-refractivity contribution in [2.75, 3.05) is 7.05 Å². The van der Waals surface area contributed by atoms with E-state index in [1.807, 2.05) is 45.0 Å². The Balaban J connectivity index is 2.89. The van der Waals surface area contributed by atoms with E-state index in [0.717, 1.165) is 6.42 Å². The molecule has 0 bridgehead atoms. The highest BCUT2D eigenvalue weighted by Crippen LogP contribution is 2.07. The molecule has 1 rings (SSSR count). The Labute approximate surface area is 168 Å². The van der Waals surface area contributed by atoms with Gasteiger partial charge in [0.15, 0.2) is 0 Å². The molecule has 0 aromatic heterocycles. The summed E-state index contributed by atoms with van der Waals surface area (Å²) in [6, 6.07) is 9.55. The summed E-state index contributed by atoms with van der Waals surface area (Å²) in [5.41, 5.74) is 4.43. The third kappa shape index (κ3) is 8.60. The van der Waals surface area contributed by atoms with Gasteiger partial charge in [0.05, 0.1) is 6.21 Å². The third-order valence-corrected chi connectivity index (χ3v) is 3.85. The zero-order valence-electron chi connectivity index (χ0n) is 17.1. The molecule has 6 heteroatoms. The fourth-order valence-corrected chi connectivity index (χ4v) is 2.47. The first-order chi connectivity index (χ1) is 13.5. The van der Waals surface area contributed by atoms with Gasteiger partial charge in [-0.25, -0.2) is 4.99 Å². The summed E-state index contributed by atoms with van der Waals surface area (Å²) in [5, 5.41) is 10.2. The molecule has 1 amide bonds. The van der Waals surface area contributed by atoms with Crippen LogP contribution in [0.15, 0.2) is 76.6 Å². The van der Waals surface area contributed by atoms with Crippen LogP contribution < -0.4 is 16.1 Å². The summed E-state index contributed by atoms with van der Waals surface area (Å²) >= 11 is 0. The Bertz CT molecular complexity index is 735. The van der Waals surface area contributed by atoms with Crippen molar-refractivity contribution in [3.63, 3.8) is 0 Å². The number of benzene rings is 1. The van der Waals surface area contributed by atoms with E-state index in [-0.39, 0.29) is 11.9 Å². The van der Waals surface area contributed by atoms with Crippen LogP contribution in [0.1, 0.15) is 26.3 Å². The van der Waals surface area contributed by atoms with Crippen LogP contribution in [0.3, 0.4) is 0 Å². The predicted molar refractivity (Wildman–Crippen MR) is 118 cm³/mol. The van der Waals surface area contributed by atoms with Gasteiger partial charge in [-0.05, 0) is 50.5 Å². The van der Waals surface area contributed by atoms with Gasteiger partial charge in [0.1, 0.15) is 11.9 Å². The fraction of sp³-hybridized carbons (Fsp3) is 0.318. The Morgan fingerprint density at radius 1 is 1.25 bits per heavy atom. The summed E-state index contributed by atoms with van der Waals surface area (Å²) < 4.78 is 0. The van der Waals surface area contributed by atoms with E-state index in [0.29, 0.717) is 11.4 Å². The first kappa shape index (κ1) is 23.0. The number of aliphatic imine (C=N–C) groups is 1. The van der Waals surface area contributed by atoms with Gasteiger partial charge in [0.2, 0.25) is 5.91 Å². The number of carbonyl (C=O) groups excluding carboxylic acids is 1. The van der Waals surface area contributed by atoms with Crippen molar-refractivity contribution in [2.45, 2.75) is 39.3 Å². The van der Waals surface area contributed by atoms with Crippen molar-refractivity contribution >= 4 is 18.3 Å². The van der Waals surface area contributed by atoms with Gasteiger partial charge in [0.25, 0.3) is 0 Å². The second kappa shape index (κ2) is 13.2. The molecule has 3 N–H and O–H groups in total. The third-order valence-electron chi connectivity index (χ3n) is 3.85. The smallest absolute Gasteiger partial charge is 0.247 e. The van der Waals surface area contributed by atoms with E-state index in [1.54, 1.807) is 31.6 Å². The van der Waals surface area contributed by atoms with Gasteiger partial charge < -0.3 is 10.7 Å². The fourth-order valence-electron chi connectivity index (χ4n) is 2.47. The summed E-state index contributed by atoms with van der Waals surface area (Å²) in [5.74, 6) is 0.238. The molecule has 0 aliphatic carbocycles. The van der Waals surface area contributed by atoms with Crippen molar-refractivity contribution in [1.29, 1.82) is 0 Å². The number of carbonyl (C=O) groups is 1. The highest BCUT2D eigenvalue weighted by Gasteiger charge is 2.23. The largest absolute Gasteiger partial charge is 0.313 e. The average molecular weight is 382 g/mol. The van der Waals surface area contributed by atoms with E-state index in [1.165, 1.54) is 5.56 Å². The van der Waals surface area contributed by atoms with Crippen LogP contribution in [0.4, 0.5) is 0 Å². The normalized spacial score (nSPS) is 14.5. The maximum absolute atomic E-state index is 12.9. The molecule has 0 saturated heterocycles. The standard InChI is InChI=1S/C22H31N5O/c1-6-8-14-24-20(7-2)27-22(28)21(17(3)16-25-23-5)26-18(4)15-19-12-10-9-11-13-19/h6-14,16,18,21,23,26H,3,15H2,1-2,4-5H3,(H,27,28)/b8-6-,20-7+,24-14-,25-16-/t18?,21-/m1/s1. The number of nitrogens with one attached hydrogen (secondary N) is 3. The molecule has 2 atom stereocenters. The quantitative estimate of drug-likeness (QED) is 0.407. The summed E-state index contributed by atoms with van der Waals surface area (Å²) in [7, 11) is 1.69. The van der Waals surface area contributed by atoms with Crippen molar-refractivity contribution in [3.05, 3.63) is 72.1 Å². The molecule has 0 spiro atoms. The number of nitrogens with zero attached hydrogens (tertiary/aromatic N) is 2. The van der Waals surface area contributed by atoms with Crippen molar-refractivity contribution < 1.29 is 4.79 Å². The highest BCUT2D eigenvalue weighted by molar-refractivity contribution is 5.95. The van der Waals surface area contributed by atoms with Gasteiger partial charge >= 0.3 is 0 Å². The maximum Gasteiger partial charge on any atom is 0.247 e. The number of allylic oxidation sites excluding steroid dienone is 3. The van der Waals surface area contributed by atoms with E-state index in [2.05, 4.69) is 44.9 Å². The van der Waals surface area contributed by atoms with E-state index < -0.39 is 6.04 Å². The molecule has 6 nitrogen and oxygen atoms in total. The molecule has 0 aliphatic heterocycles. The molecule has 1 unspecified atom stereocenters.